The van der Waals surface area contributed by atoms with Gasteiger partial charge in [-0.25, -0.2) is 0 Å². The molecule has 2 aliphatic heterocycles. The van der Waals surface area contributed by atoms with E-state index in [1.807, 2.05) is 31.2 Å². The van der Waals surface area contributed by atoms with E-state index in [2.05, 4.69) is 5.32 Å². The molecule has 1 fully saturated rings. The number of carbonyl (C=O) groups excluding carboxylic acids is 3. The number of carbonyl (C=O) groups is 3. The fraction of sp³-hybridized carbons (Fsp3) is 0.550. The Hall–Kier alpha value is -2.45. The zero-order chi connectivity index (χ0) is 20.1. The van der Waals surface area contributed by atoms with Gasteiger partial charge in [0.05, 0.1) is 19.3 Å². The Labute approximate surface area is 164 Å². The lowest BCUT2D eigenvalue weighted by molar-refractivity contribution is -0.143. The van der Waals surface area contributed by atoms with Crippen LogP contribution in [0.3, 0.4) is 0 Å². The van der Waals surface area contributed by atoms with Crippen LogP contribution in [0.4, 0.5) is 5.69 Å². The Bertz CT molecular complexity index is 738. The number of nitrogens with one attached hydrogen (secondary N) is 1. The van der Waals surface area contributed by atoms with Gasteiger partial charge in [0.25, 0.3) is 0 Å². The number of amides is 3. The maximum Gasteiger partial charge on any atom is 0.316 e. The Kier molecular flexibility index (Phi) is 6.64. The zero-order valence-electron chi connectivity index (χ0n) is 16.3. The van der Waals surface area contributed by atoms with E-state index < -0.39 is 11.8 Å². The van der Waals surface area contributed by atoms with Crippen LogP contribution in [0.2, 0.25) is 0 Å². The molecule has 2 unspecified atom stereocenters. The van der Waals surface area contributed by atoms with Crippen molar-refractivity contribution in [2.45, 2.75) is 25.3 Å². The van der Waals surface area contributed by atoms with Crippen LogP contribution < -0.4 is 10.2 Å². The van der Waals surface area contributed by atoms with Crippen molar-refractivity contribution in [2.75, 3.05) is 51.5 Å². The van der Waals surface area contributed by atoms with E-state index >= 15 is 0 Å². The molecule has 0 spiro atoms. The van der Waals surface area contributed by atoms with Crippen LogP contribution in [0.1, 0.15) is 24.8 Å². The molecule has 152 valence electrons. The van der Waals surface area contributed by atoms with E-state index in [0.29, 0.717) is 39.3 Å². The molecule has 8 nitrogen and oxygen atoms in total. The number of anilines is 1. The van der Waals surface area contributed by atoms with Crippen LogP contribution in [0.25, 0.3) is 0 Å². The number of hydrogen-bond acceptors (Lipinski definition) is 5. The highest BCUT2D eigenvalue weighted by molar-refractivity contribution is 6.40. The topological polar surface area (TPSA) is 88.2 Å². The van der Waals surface area contributed by atoms with Crippen LogP contribution in [0.15, 0.2) is 24.3 Å². The molecule has 2 heterocycles. The summed E-state index contributed by atoms with van der Waals surface area (Å²) in [5, 5.41) is 2.93. The summed E-state index contributed by atoms with van der Waals surface area (Å²) in [5.74, 6) is -1.18. The first-order valence-corrected chi connectivity index (χ1v) is 9.62. The molecule has 28 heavy (non-hydrogen) atoms. The van der Waals surface area contributed by atoms with Crippen molar-refractivity contribution in [1.82, 2.24) is 10.2 Å². The number of para-hydroxylation sites is 1. The number of rotatable bonds is 6. The number of ether oxygens (including phenoxy) is 2. The van der Waals surface area contributed by atoms with E-state index in [-0.39, 0.29) is 24.5 Å². The average Bonchev–Trinajstić information content (AvgIpc) is 3.05. The highest BCUT2D eigenvalue weighted by Crippen LogP contribution is 2.38. The van der Waals surface area contributed by atoms with E-state index in [1.165, 1.54) is 4.90 Å². The van der Waals surface area contributed by atoms with Gasteiger partial charge in [0.2, 0.25) is 5.91 Å². The molecule has 0 aliphatic carbocycles. The normalized spacial score (nSPS) is 21.2. The summed E-state index contributed by atoms with van der Waals surface area (Å²) < 4.78 is 10.6. The predicted octanol–water partition coefficient (Wildman–Crippen LogP) is 0.517. The molecule has 0 bridgehead atoms. The second kappa shape index (κ2) is 9.16. The van der Waals surface area contributed by atoms with Crippen LogP contribution in [0.5, 0.6) is 0 Å². The van der Waals surface area contributed by atoms with Crippen LogP contribution in [-0.2, 0) is 23.9 Å². The molecular formula is C20H27N3O5. The van der Waals surface area contributed by atoms with Gasteiger partial charge in [0, 0.05) is 38.3 Å². The fourth-order valence-corrected chi connectivity index (χ4v) is 3.69. The lowest BCUT2D eigenvalue weighted by Gasteiger charge is -2.26. The smallest absolute Gasteiger partial charge is 0.316 e. The van der Waals surface area contributed by atoms with Gasteiger partial charge in [-0.2, -0.15) is 0 Å². The first-order valence-electron chi connectivity index (χ1n) is 9.62. The molecule has 0 aromatic heterocycles. The number of nitrogens with zero attached hydrogens (tertiary/aromatic N) is 2. The summed E-state index contributed by atoms with van der Waals surface area (Å²) in [6.45, 7) is 4.17. The third-order valence-electron chi connectivity index (χ3n) is 5.11. The molecule has 1 aromatic carbocycles. The van der Waals surface area contributed by atoms with E-state index in [4.69, 9.17) is 9.47 Å². The summed E-state index contributed by atoms with van der Waals surface area (Å²) >= 11 is 0. The average molecular weight is 389 g/mol. The number of hydrogen-bond donors (Lipinski definition) is 1. The Morgan fingerprint density at radius 2 is 2.14 bits per heavy atom. The van der Waals surface area contributed by atoms with Gasteiger partial charge in [-0.15, -0.1) is 0 Å². The molecule has 8 heteroatoms. The monoisotopic (exact) mass is 389 g/mol. The number of likely N-dealkylation sites (N-methyl/N-ethyl adjacent to an activating group) is 1. The van der Waals surface area contributed by atoms with Gasteiger partial charge in [0.1, 0.15) is 6.61 Å². The Morgan fingerprint density at radius 3 is 2.89 bits per heavy atom. The number of benzene rings is 1. The molecule has 1 aromatic rings. The number of morpholine rings is 1. The Balaban J connectivity index is 1.69. The van der Waals surface area contributed by atoms with Crippen molar-refractivity contribution in [3.05, 3.63) is 29.8 Å². The molecule has 1 N–H and O–H groups in total. The van der Waals surface area contributed by atoms with Crippen LogP contribution in [0, 0.1) is 0 Å². The zero-order valence-corrected chi connectivity index (χ0v) is 16.3. The van der Waals surface area contributed by atoms with Crippen molar-refractivity contribution in [3.63, 3.8) is 0 Å². The summed E-state index contributed by atoms with van der Waals surface area (Å²) in [5.41, 5.74) is 1.77. The lowest BCUT2D eigenvalue weighted by Crippen LogP contribution is -2.47. The van der Waals surface area contributed by atoms with Crippen molar-refractivity contribution in [3.8, 4) is 0 Å². The first-order chi connectivity index (χ1) is 13.5. The molecule has 2 atom stereocenters. The predicted molar refractivity (Wildman–Crippen MR) is 103 cm³/mol. The molecule has 3 rings (SSSR count). The molecule has 0 radical (unpaired) electrons. The van der Waals surface area contributed by atoms with Gasteiger partial charge in [-0.3, -0.25) is 14.4 Å². The largest absolute Gasteiger partial charge is 0.380 e. The van der Waals surface area contributed by atoms with Gasteiger partial charge in [0.15, 0.2) is 0 Å². The maximum atomic E-state index is 12.9. The highest BCUT2D eigenvalue weighted by atomic mass is 16.5. The minimum atomic E-state index is -0.551. The fourth-order valence-electron chi connectivity index (χ4n) is 3.69. The lowest BCUT2D eigenvalue weighted by atomic mass is 9.94. The SMILES string of the molecule is CCOCCN(C)C(=O)C(=O)N1CC(CC2COCC(=O)N2)c2ccccc21. The summed E-state index contributed by atoms with van der Waals surface area (Å²) in [6.07, 6.45) is 0.654. The third-order valence-corrected chi connectivity index (χ3v) is 5.11. The standard InChI is InChI=1S/C20H27N3O5/c1-3-27-9-8-22(2)19(25)20(26)23-11-14(16-6-4-5-7-17(16)23)10-15-12-28-13-18(24)21-15/h4-7,14-15H,3,8-13H2,1-2H3,(H,21,24). The van der Waals surface area contributed by atoms with Gasteiger partial charge in [-0.05, 0) is 25.0 Å². The molecule has 0 saturated carbocycles. The second-order valence-corrected chi connectivity index (χ2v) is 7.11. The van der Waals surface area contributed by atoms with Crippen molar-refractivity contribution in [1.29, 1.82) is 0 Å². The molecular weight excluding hydrogens is 362 g/mol. The summed E-state index contributed by atoms with van der Waals surface area (Å²) in [7, 11) is 1.60. The third kappa shape index (κ3) is 4.51. The second-order valence-electron chi connectivity index (χ2n) is 7.11. The molecule has 3 amide bonds. The first kappa shape index (κ1) is 20.3. The number of fused-ring (bicyclic) bond motifs is 1. The van der Waals surface area contributed by atoms with Crippen molar-refractivity contribution in [2.24, 2.45) is 0 Å². The Morgan fingerprint density at radius 1 is 1.36 bits per heavy atom. The van der Waals surface area contributed by atoms with E-state index in [9.17, 15) is 14.4 Å². The summed E-state index contributed by atoms with van der Waals surface area (Å²) in [6, 6.07) is 7.51. The molecule has 1 saturated heterocycles. The van der Waals surface area contributed by atoms with Gasteiger partial charge < -0.3 is 24.6 Å². The van der Waals surface area contributed by atoms with Crippen molar-refractivity contribution >= 4 is 23.4 Å². The van der Waals surface area contributed by atoms with Crippen LogP contribution in [-0.4, -0.2) is 75.2 Å². The van der Waals surface area contributed by atoms with Gasteiger partial charge in [-0.1, -0.05) is 18.2 Å². The summed E-state index contributed by atoms with van der Waals surface area (Å²) in [4.78, 5) is 40.0. The molecule has 2 aliphatic rings. The minimum Gasteiger partial charge on any atom is -0.380 e. The highest BCUT2D eigenvalue weighted by Gasteiger charge is 2.37. The quantitative estimate of drug-likeness (QED) is 0.566. The van der Waals surface area contributed by atoms with E-state index in [0.717, 1.165) is 11.3 Å². The van der Waals surface area contributed by atoms with Crippen molar-refractivity contribution < 1.29 is 23.9 Å². The minimum absolute atomic E-state index is 0.0358. The maximum absolute atomic E-state index is 12.9. The van der Waals surface area contributed by atoms with Gasteiger partial charge >= 0.3 is 11.8 Å². The van der Waals surface area contributed by atoms with Crippen LogP contribution >= 0.6 is 0 Å². The van der Waals surface area contributed by atoms with E-state index in [1.54, 1.807) is 11.9 Å².